The number of nitrogens with zero attached hydrogens (tertiary/aromatic N) is 1. The van der Waals surface area contributed by atoms with Crippen LogP contribution < -0.4 is 15.2 Å². The van der Waals surface area contributed by atoms with E-state index in [0.29, 0.717) is 36.5 Å². The molecule has 0 fully saturated rings. The molecule has 0 aliphatic heterocycles. The summed E-state index contributed by atoms with van der Waals surface area (Å²) in [5.74, 6) is 0.716. The van der Waals surface area contributed by atoms with E-state index in [0.717, 1.165) is 0 Å². The molecule has 0 aliphatic carbocycles. The predicted octanol–water partition coefficient (Wildman–Crippen LogP) is 1.77. The molecule has 0 saturated heterocycles. The van der Waals surface area contributed by atoms with Gasteiger partial charge in [0.1, 0.15) is 0 Å². The van der Waals surface area contributed by atoms with Crippen LogP contribution in [-0.4, -0.2) is 30.4 Å². The van der Waals surface area contributed by atoms with Crippen LogP contribution >= 0.6 is 0 Å². The van der Waals surface area contributed by atoms with Crippen molar-refractivity contribution >= 4 is 5.69 Å². The van der Waals surface area contributed by atoms with Gasteiger partial charge in [-0.05, 0) is 25.8 Å². The second kappa shape index (κ2) is 7.66. The molecule has 0 bridgehead atoms. The van der Waals surface area contributed by atoms with Gasteiger partial charge in [0.25, 0.3) is 5.69 Å². The van der Waals surface area contributed by atoms with Gasteiger partial charge >= 0.3 is 0 Å². The molecule has 7 heteroatoms. The molecule has 1 unspecified atom stereocenters. The number of nitro groups is 1. The van der Waals surface area contributed by atoms with Crippen molar-refractivity contribution in [3.63, 3.8) is 0 Å². The summed E-state index contributed by atoms with van der Waals surface area (Å²) in [5.41, 5.74) is 6.05. The average molecular weight is 284 g/mol. The molecule has 3 N–H and O–H groups in total. The van der Waals surface area contributed by atoms with Crippen LogP contribution in [0.5, 0.6) is 11.5 Å². The van der Waals surface area contributed by atoms with Crippen molar-refractivity contribution in [2.24, 2.45) is 5.73 Å². The standard InChI is InChI=1S/C13H20N2O5/c1-9(14)10-7-12(19-2)13(8-11(10)15(17)18)20-6-4-3-5-16/h7-9,16H,3-6,14H2,1-2H3. The largest absolute Gasteiger partial charge is 0.493 e. The van der Waals surface area contributed by atoms with Crippen LogP contribution in [0.3, 0.4) is 0 Å². The molecule has 20 heavy (non-hydrogen) atoms. The number of aliphatic hydroxyl groups is 1. The molecule has 7 nitrogen and oxygen atoms in total. The molecule has 0 saturated carbocycles. The number of unbranched alkanes of at least 4 members (excludes halogenated alkanes) is 1. The quantitative estimate of drug-likeness (QED) is 0.428. The van der Waals surface area contributed by atoms with Crippen LogP contribution in [0.4, 0.5) is 5.69 Å². The molecule has 0 amide bonds. The van der Waals surface area contributed by atoms with Crippen LogP contribution in [0.2, 0.25) is 0 Å². The summed E-state index contributed by atoms with van der Waals surface area (Å²) < 4.78 is 10.6. The van der Waals surface area contributed by atoms with Gasteiger partial charge in [0, 0.05) is 12.6 Å². The summed E-state index contributed by atoms with van der Waals surface area (Å²) in [7, 11) is 1.46. The molecule has 0 heterocycles. The maximum absolute atomic E-state index is 11.1. The Kier molecular flexibility index (Phi) is 6.20. The highest BCUT2D eigenvalue weighted by atomic mass is 16.6. The molecule has 112 valence electrons. The number of nitrogens with two attached hydrogens (primary N) is 1. The third-order valence-corrected chi connectivity index (χ3v) is 2.81. The Labute approximate surface area is 117 Å². The zero-order valence-electron chi connectivity index (χ0n) is 11.7. The number of nitro benzene ring substituents is 1. The zero-order valence-corrected chi connectivity index (χ0v) is 11.7. The Bertz CT molecular complexity index is 462. The number of hydrogen-bond acceptors (Lipinski definition) is 6. The summed E-state index contributed by atoms with van der Waals surface area (Å²) >= 11 is 0. The summed E-state index contributed by atoms with van der Waals surface area (Å²) in [6, 6.07) is 2.38. The van der Waals surface area contributed by atoms with E-state index in [1.54, 1.807) is 6.92 Å². The first-order valence-corrected chi connectivity index (χ1v) is 6.36. The molecule has 0 aromatic heterocycles. The number of rotatable bonds is 8. The lowest BCUT2D eigenvalue weighted by molar-refractivity contribution is -0.385. The minimum atomic E-state index is -0.487. The zero-order chi connectivity index (χ0) is 15.1. The number of ether oxygens (including phenoxy) is 2. The monoisotopic (exact) mass is 284 g/mol. The highest BCUT2D eigenvalue weighted by molar-refractivity contribution is 5.55. The van der Waals surface area contributed by atoms with Gasteiger partial charge in [-0.25, -0.2) is 0 Å². The minimum Gasteiger partial charge on any atom is -0.493 e. The van der Waals surface area contributed by atoms with Crippen LogP contribution in [0.1, 0.15) is 31.4 Å². The lowest BCUT2D eigenvalue weighted by Crippen LogP contribution is -2.09. The van der Waals surface area contributed by atoms with Gasteiger partial charge in [-0.15, -0.1) is 0 Å². The van der Waals surface area contributed by atoms with Crippen molar-refractivity contribution in [1.29, 1.82) is 0 Å². The number of methoxy groups -OCH3 is 1. The molecule has 1 aromatic rings. The van der Waals surface area contributed by atoms with E-state index in [-0.39, 0.29) is 12.3 Å². The van der Waals surface area contributed by atoms with E-state index in [2.05, 4.69) is 0 Å². The van der Waals surface area contributed by atoms with Crippen LogP contribution in [0.25, 0.3) is 0 Å². The second-order valence-electron chi connectivity index (χ2n) is 4.39. The Morgan fingerprint density at radius 2 is 2.10 bits per heavy atom. The normalized spacial score (nSPS) is 12.0. The Morgan fingerprint density at radius 1 is 1.40 bits per heavy atom. The first-order chi connectivity index (χ1) is 9.51. The molecule has 0 aliphatic rings. The van der Waals surface area contributed by atoms with Crippen LogP contribution in [0.15, 0.2) is 12.1 Å². The van der Waals surface area contributed by atoms with E-state index in [1.807, 2.05) is 0 Å². The van der Waals surface area contributed by atoms with E-state index < -0.39 is 11.0 Å². The van der Waals surface area contributed by atoms with E-state index in [4.69, 9.17) is 20.3 Å². The van der Waals surface area contributed by atoms with Crippen molar-refractivity contribution in [1.82, 2.24) is 0 Å². The third-order valence-electron chi connectivity index (χ3n) is 2.81. The number of aliphatic hydroxyl groups excluding tert-OH is 1. The highest BCUT2D eigenvalue weighted by Gasteiger charge is 2.21. The topological polar surface area (TPSA) is 108 Å². The van der Waals surface area contributed by atoms with Crippen LogP contribution in [-0.2, 0) is 0 Å². The van der Waals surface area contributed by atoms with Crippen LogP contribution in [0, 0.1) is 10.1 Å². The summed E-state index contributed by atoms with van der Waals surface area (Å²) in [6.07, 6.45) is 1.27. The minimum absolute atomic E-state index is 0.0852. The van der Waals surface area contributed by atoms with Gasteiger partial charge in [0.15, 0.2) is 11.5 Å². The fraction of sp³-hybridized carbons (Fsp3) is 0.538. The fourth-order valence-electron chi connectivity index (χ4n) is 1.76. The van der Waals surface area contributed by atoms with Gasteiger partial charge in [-0.2, -0.15) is 0 Å². The van der Waals surface area contributed by atoms with Gasteiger partial charge in [-0.3, -0.25) is 10.1 Å². The maximum Gasteiger partial charge on any atom is 0.278 e. The average Bonchev–Trinajstić information content (AvgIpc) is 2.42. The smallest absolute Gasteiger partial charge is 0.278 e. The van der Waals surface area contributed by atoms with Gasteiger partial charge in [0.05, 0.1) is 30.3 Å². The lowest BCUT2D eigenvalue weighted by Gasteiger charge is -2.14. The first kappa shape index (κ1) is 16.2. The number of benzene rings is 1. The summed E-state index contributed by atoms with van der Waals surface area (Å²) in [5, 5.41) is 19.8. The Morgan fingerprint density at radius 3 is 2.60 bits per heavy atom. The molecule has 1 aromatic carbocycles. The molecule has 1 rings (SSSR count). The SMILES string of the molecule is COc1cc(C(C)N)c([N+](=O)[O-])cc1OCCCCO. The van der Waals surface area contributed by atoms with Crippen molar-refractivity contribution < 1.29 is 19.5 Å². The Balaban J connectivity index is 3.03. The second-order valence-corrected chi connectivity index (χ2v) is 4.39. The lowest BCUT2D eigenvalue weighted by atomic mass is 10.1. The summed E-state index contributed by atoms with van der Waals surface area (Å²) in [6.45, 7) is 2.11. The van der Waals surface area contributed by atoms with Gasteiger partial charge in [-0.1, -0.05) is 0 Å². The predicted molar refractivity (Wildman–Crippen MR) is 74.1 cm³/mol. The van der Waals surface area contributed by atoms with E-state index in [9.17, 15) is 10.1 Å². The van der Waals surface area contributed by atoms with Gasteiger partial charge in [0.2, 0.25) is 0 Å². The van der Waals surface area contributed by atoms with Gasteiger partial charge < -0.3 is 20.3 Å². The number of hydrogen-bond donors (Lipinski definition) is 2. The van der Waals surface area contributed by atoms with Crippen molar-refractivity contribution in [3.05, 3.63) is 27.8 Å². The van der Waals surface area contributed by atoms with E-state index >= 15 is 0 Å². The van der Waals surface area contributed by atoms with E-state index in [1.165, 1.54) is 19.2 Å². The van der Waals surface area contributed by atoms with Crippen molar-refractivity contribution in [2.75, 3.05) is 20.3 Å². The molecular weight excluding hydrogens is 264 g/mol. The Hall–Kier alpha value is -1.86. The third kappa shape index (κ3) is 4.07. The molecule has 0 radical (unpaired) electrons. The van der Waals surface area contributed by atoms with Crippen molar-refractivity contribution in [3.8, 4) is 11.5 Å². The molecular formula is C13H20N2O5. The summed E-state index contributed by atoms with van der Waals surface area (Å²) in [4.78, 5) is 10.6. The first-order valence-electron chi connectivity index (χ1n) is 6.36. The highest BCUT2D eigenvalue weighted by Crippen LogP contribution is 2.36. The molecule has 0 spiro atoms. The molecule has 1 atom stereocenters. The maximum atomic E-state index is 11.1. The fourth-order valence-corrected chi connectivity index (χ4v) is 1.76. The van der Waals surface area contributed by atoms with Crippen molar-refractivity contribution in [2.45, 2.75) is 25.8 Å².